The molecule has 134 valence electrons. The first kappa shape index (κ1) is 21.9. The molecule has 0 aliphatic carbocycles. The fraction of sp³-hybridized carbons (Fsp3) is 1.00. The molecule has 1 atom stereocenters. The zero-order valence-electron chi connectivity index (χ0n) is 15.5. The number of rotatable bonds is 18. The Kier molecular flexibility index (Phi) is 18.9. The molecule has 2 nitrogen and oxygen atoms in total. The number of aliphatic hydroxyl groups is 1. The van der Waals surface area contributed by atoms with Crippen molar-refractivity contribution in [1.29, 1.82) is 0 Å². The van der Waals surface area contributed by atoms with Gasteiger partial charge in [0, 0.05) is 13.2 Å². The summed E-state index contributed by atoms with van der Waals surface area (Å²) in [5, 5.41) is 8.74. The summed E-state index contributed by atoms with van der Waals surface area (Å²) in [5.74, 6) is 0. The first-order valence-electron chi connectivity index (χ1n) is 10.1. The fourth-order valence-corrected chi connectivity index (χ4v) is 3.07. The van der Waals surface area contributed by atoms with Crippen LogP contribution in [-0.2, 0) is 4.74 Å². The standard InChI is InChI=1S/C20H42O2/c1-3-5-6-7-11-14-17-20(22-4-2)18-15-12-9-8-10-13-16-19-21/h20-21H,3-19H2,1-2H3. The van der Waals surface area contributed by atoms with Crippen LogP contribution in [0.1, 0.15) is 110 Å². The summed E-state index contributed by atoms with van der Waals surface area (Å²) in [5.41, 5.74) is 0. The molecule has 0 aromatic heterocycles. The molecule has 1 unspecified atom stereocenters. The van der Waals surface area contributed by atoms with E-state index >= 15 is 0 Å². The Bertz CT molecular complexity index is 194. The van der Waals surface area contributed by atoms with Crippen LogP contribution in [-0.4, -0.2) is 24.4 Å². The average molecular weight is 315 g/mol. The van der Waals surface area contributed by atoms with Crippen LogP contribution in [0.2, 0.25) is 0 Å². The smallest absolute Gasteiger partial charge is 0.0575 e. The van der Waals surface area contributed by atoms with Crippen LogP contribution in [0.15, 0.2) is 0 Å². The molecular weight excluding hydrogens is 272 g/mol. The van der Waals surface area contributed by atoms with E-state index in [-0.39, 0.29) is 0 Å². The number of hydrogen-bond donors (Lipinski definition) is 1. The zero-order chi connectivity index (χ0) is 16.3. The van der Waals surface area contributed by atoms with Crippen molar-refractivity contribution in [2.24, 2.45) is 0 Å². The molecule has 0 aliphatic rings. The second-order valence-corrected chi connectivity index (χ2v) is 6.62. The van der Waals surface area contributed by atoms with Gasteiger partial charge in [-0.05, 0) is 26.2 Å². The summed E-state index contributed by atoms with van der Waals surface area (Å²) in [6.45, 7) is 5.61. The molecule has 0 heterocycles. The van der Waals surface area contributed by atoms with Gasteiger partial charge in [-0.1, -0.05) is 84.0 Å². The summed E-state index contributed by atoms with van der Waals surface area (Å²) >= 11 is 0. The van der Waals surface area contributed by atoms with Crippen molar-refractivity contribution in [3.8, 4) is 0 Å². The molecule has 2 heteroatoms. The first-order valence-corrected chi connectivity index (χ1v) is 10.1. The average Bonchev–Trinajstić information content (AvgIpc) is 2.53. The Morgan fingerprint density at radius 1 is 0.636 bits per heavy atom. The molecule has 0 aromatic carbocycles. The molecular formula is C20H42O2. The van der Waals surface area contributed by atoms with E-state index in [4.69, 9.17) is 9.84 Å². The van der Waals surface area contributed by atoms with Gasteiger partial charge in [0.15, 0.2) is 0 Å². The van der Waals surface area contributed by atoms with E-state index in [2.05, 4.69) is 13.8 Å². The molecule has 0 aliphatic heterocycles. The van der Waals surface area contributed by atoms with E-state index in [1.54, 1.807) is 0 Å². The van der Waals surface area contributed by atoms with Crippen molar-refractivity contribution in [1.82, 2.24) is 0 Å². The summed E-state index contributed by atoms with van der Waals surface area (Å²) in [7, 11) is 0. The van der Waals surface area contributed by atoms with Crippen molar-refractivity contribution in [2.45, 2.75) is 116 Å². The highest BCUT2D eigenvalue weighted by Gasteiger charge is 2.07. The molecule has 0 radical (unpaired) electrons. The fourth-order valence-electron chi connectivity index (χ4n) is 3.07. The molecule has 0 bridgehead atoms. The van der Waals surface area contributed by atoms with E-state index in [9.17, 15) is 0 Å². The second kappa shape index (κ2) is 19.0. The lowest BCUT2D eigenvalue weighted by molar-refractivity contribution is 0.0470. The van der Waals surface area contributed by atoms with Crippen LogP contribution in [0.4, 0.5) is 0 Å². The zero-order valence-corrected chi connectivity index (χ0v) is 15.5. The van der Waals surface area contributed by atoms with E-state index in [1.807, 2.05) is 0 Å². The van der Waals surface area contributed by atoms with Gasteiger partial charge < -0.3 is 9.84 Å². The Labute approximate surface area is 140 Å². The van der Waals surface area contributed by atoms with Crippen LogP contribution >= 0.6 is 0 Å². The summed E-state index contributed by atoms with van der Waals surface area (Å²) in [4.78, 5) is 0. The minimum absolute atomic E-state index is 0.356. The van der Waals surface area contributed by atoms with Crippen LogP contribution in [0, 0.1) is 0 Å². The second-order valence-electron chi connectivity index (χ2n) is 6.62. The molecule has 0 spiro atoms. The third-order valence-electron chi connectivity index (χ3n) is 4.47. The molecule has 0 saturated carbocycles. The van der Waals surface area contributed by atoms with Crippen LogP contribution in [0.5, 0.6) is 0 Å². The predicted molar refractivity (Wildman–Crippen MR) is 97.4 cm³/mol. The maximum absolute atomic E-state index is 8.74. The van der Waals surface area contributed by atoms with Gasteiger partial charge >= 0.3 is 0 Å². The van der Waals surface area contributed by atoms with E-state index < -0.39 is 0 Å². The van der Waals surface area contributed by atoms with Crippen LogP contribution < -0.4 is 0 Å². The van der Waals surface area contributed by atoms with Crippen molar-refractivity contribution in [3.63, 3.8) is 0 Å². The largest absolute Gasteiger partial charge is 0.396 e. The van der Waals surface area contributed by atoms with Gasteiger partial charge in [0.05, 0.1) is 6.10 Å². The number of aliphatic hydroxyl groups excluding tert-OH is 1. The van der Waals surface area contributed by atoms with Gasteiger partial charge in [-0.25, -0.2) is 0 Å². The van der Waals surface area contributed by atoms with Gasteiger partial charge in [-0.2, -0.15) is 0 Å². The lowest BCUT2D eigenvalue weighted by Crippen LogP contribution is -2.12. The van der Waals surface area contributed by atoms with Gasteiger partial charge in [0.2, 0.25) is 0 Å². The van der Waals surface area contributed by atoms with Gasteiger partial charge in [-0.3, -0.25) is 0 Å². The number of unbranched alkanes of at least 4 members (excludes halogenated alkanes) is 11. The van der Waals surface area contributed by atoms with Gasteiger partial charge in [0.1, 0.15) is 0 Å². The number of ether oxygens (including phenoxy) is 1. The third kappa shape index (κ3) is 16.3. The Morgan fingerprint density at radius 3 is 1.55 bits per heavy atom. The van der Waals surface area contributed by atoms with E-state index in [0.29, 0.717) is 12.7 Å². The monoisotopic (exact) mass is 314 g/mol. The van der Waals surface area contributed by atoms with Crippen LogP contribution in [0.3, 0.4) is 0 Å². The van der Waals surface area contributed by atoms with E-state index in [0.717, 1.165) is 13.0 Å². The molecule has 0 amide bonds. The highest BCUT2D eigenvalue weighted by atomic mass is 16.5. The maximum atomic E-state index is 8.74. The van der Waals surface area contributed by atoms with Gasteiger partial charge in [-0.15, -0.1) is 0 Å². The van der Waals surface area contributed by atoms with Crippen molar-refractivity contribution < 1.29 is 9.84 Å². The quantitative estimate of drug-likeness (QED) is 0.303. The third-order valence-corrected chi connectivity index (χ3v) is 4.47. The topological polar surface area (TPSA) is 29.5 Å². The highest BCUT2D eigenvalue weighted by Crippen LogP contribution is 2.16. The molecule has 1 N–H and O–H groups in total. The lowest BCUT2D eigenvalue weighted by atomic mass is 10.0. The molecule has 0 fully saturated rings. The summed E-state index contributed by atoms with van der Waals surface area (Å²) < 4.78 is 5.90. The SMILES string of the molecule is CCCCCCCCC(CCCCCCCCCO)OCC. The summed E-state index contributed by atoms with van der Waals surface area (Å²) in [6.07, 6.45) is 20.1. The summed E-state index contributed by atoms with van der Waals surface area (Å²) in [6, 6.07) is 0. The Morgan fingerprint density at radius 2 is 1.09 bits per heavy atom. The molecule has 22 heavy (non-hydrogen) atoms. The lowest BCUT2D eigenvalue weighted by Gasteiger charge is -2.17. The normalized spacial score (nSPS) is 12.7. The minimum Gasteiger partial charge on any atom is -0.396 e. The van der Waals surface area contributed by atoms with E-state index in [1.165, 1.54) is 89.9 Å². The maximum Gasteiger partial charge on any atom is 0.0575 e. The first-order chi connectivity index (χ1) is 10.8. The van der Waals surface area contributed by atoms with Crippen molar-refractivity contribution in [2.75, 3.05) is 13.2 Å². The predicted octanol–water partition coefficient (Wildman–Crippen LogP) is 6.26. The van der Waals surface area contributed by atoms with Gasteiger partial charge in [0.25, 0.3) is 0 Å². The van der Waals surface area contributed by atoms with Crippen molar-refractivity contribution >= 4 is 0 Å². The Hall–Kier alpha value is -0.0800. The Balaban J connectivity index is 3.43. The highest BCUT2D eigenvalue weighted by molar-refractivity contribution is 4.60. The molecule has 0 saturated heterocycles. The molecule has 0 aromatic rings. The number of hydrogen-bond acceptors (Lipinski definition) is 2. The van der Waals surface area contributed by atoms with Crippen LogP contribution in [0.25, 0.3) is 0 Å². The minimum atomic E-state index is 0.356. The molecule has 0 rings (SSSR count). The van der Waals surface area contributed by atoms with Crippen molar-refractivity contribution in [3.05, 3.63) is 0 Å².